The summed E-state index contributed by atoms with van der Waals surface area (Å²) in [6.07, 6.45) is -3.73. The Morgan fingerprint density at radius 1 is 1.18 bits per heavy atom. The molecule has 0 aliphatic carbocycles. The molecule has 2 amide bonds. The zero-order chi connectivity index (χ0) is 21.1. The average molecular weight is 405 g/mol. The Bertz CT molecular complexity index is 841. The van der Waals surface area contributed by atoms with Crippen molar-refractivity contribution in [2.45, 2.75) is 18.7 Å². The number of carbonyl (C=O) groups is 1. The van der Waals surface area contributed by atoms with Crippen molar-refractivity contribution in [2.75, 3.05) is 18.9 Å². The molecule has 2 N–H and O–H groups in total. The molecule has 11 heteroatoms. The summed E-state index contributed by atoms with van der Waals surface area (Å²) in [7, 11) is 1.08. The summed E-state index contributed by atoms with van der Waals surface area (Å²) in [5.41, 5.74) is -3.07. The summed E-state index contributed by atoms with van der Waals surface area (Å²) in [6.45, 7) is -0.431. The topological polar surface area (TPSA) is 74.7 Å². The van der Waals surface area contributed by atoms with E-state index in [1.54, 1.807) is 0 Å². The first-order valence-corrected chi connectivity index (χ1v) is 7.79. The number of pyridine rings is 1. The zero-order valence-electron chi connectivity index (χ0n) is 14.7. The van der Waals surface area contributed by atoms with Crippen LogP contribution in [0.5, 0.6) is 11.5 Å². The number of nitrogens with one attached hydrogen (secondary N) is 1. The second-order valence-electron chi connectivity index (χ2n) is 6.11. The number of urea groups is 1. The van der Waals surface area contributed by atoms with E-state index < -0.39 is 36.0 Å². The predicted octanol–water partition coefficient (Wildman–Crippen LogP) is 3.93. The summed E-state index contributed by atoms with van der Waals surface area (Å²) >= 11 is 0. The highest BCUT2D eigenvalue weighted by Gasteiger charge is 2.50. The number of aliphatic hydroxyl groups is 1. The number of halogens is 5. The van der Waals surface area contributed by atoms with E-state index >= 15 is 0 Å². The van der Waals surface area contributed by atoms with Gasteiger partial charge in [-0.1, -0.05) is 0 Å². The van der Waals surface area contributed by atoms with Crippen molar-refractivity contribution in [2.24, 2.45) is 0 Å². The Labute approximate surface area is 156 Å². The maximum absolute atomic E-state index is 13.1. The van der Waals surface area contributed by atoms with Crippen molar-refractivity contribution in [3.05, 3.63) is 48.2 Å². The van der Waals surface area contributed by atoms with Crippen LogP contribution in [0.1, 0.15) is 6.92 Å². The number of benzene rings is 1. The van der Waals surface area contributed by atoms with Gasteiger partial charge >= 0.3 is 12.2 Å². The van der Waals surface area contributed by atoms with Gasteiger partial charge in [0.2, 0.25) is 0 Å². The molecule has 0 aliphatic heterocycles. The number of likely N-dealkylation sites (N-methyl/N-ethyl adjacent to an activating group) is 1. The lowest BCUT2D eigenvalue weighted by atomic mass is 10.1. The first-order valence-electron chi connectivity index (χ1n) is 7.79. The van der Waals surface area contributed by atoms with E-state index in [0.717, 1.165) is 19.2 Å². The van der Waals surface area contributed by atoms with Crippen LogP contribution in [0.4, 0.5) is 32.6 Å². The fourth-order valence-electron chi connectivity index (χ4n) is 2.02. The molecule has 2 aromatic rings. The predicted molar refractivity (Wildman–Crippen MR) is 89.0 cm³/mol. The number of carbonyl (C=O) groups excluding carboxylic acids is 1. The van der Waals surface area contributed by atoms with E-state index in [1.165, 1.54) is 24.4 Å². The van der Waals surface area contributed by atoms with Crippen molar-refractivity contribution in [1.82, 2.24) is 9.88 Å². The second kappa shape index (κ2) is 7.97. The minimum atomic E-state index is -4.90. The number of amides is 2. The number of anilines is 1. The molecule has 0 bridgehead atoms. The van der Waals surface area contributed by atoms with Gasteiger partial charge in [0.15, 0.2) is 17.2 Å². The SMILES string of the molecule is CN(CC(C)(O)C(F)(F)F)C(=O)Nc1ccc(Oc2ccc(F)c(F)c2)cn1. The van der Waals surface area contributed by atoms with Gasteiger partial charge in [-0.25, -0.2) is 18.6 Å². The van der Waals surface area contributed by atoms with E-state index in [9.17, 15) is 31.9 Å². The van der Waals surface area contributed by atoms with Gasteiger partial charge in [-0.3, -0.25) is 5.32 Å². The Balaban J connectivity index is 1.97. The quantitative estimate of drug-likeness (QED) is 0.740. The first kappa shape index (κ1) is 21.4. The van der Waals surface area contributed by atoms with Crippen LogP contribution < -0.4 is 10.1 Å². The molecule has 1 aromatic carbocycles. The number of rotatable bonds is 5. The molecule has 1 atom stereocenters. The standard InChI is InChI=1S/C17H16F5N3O3/c1-16(27,17(20,21)22)9-25(2)15(26)24-14-6-4-11(8-23-14)28-10-3-5-12(18)13(19)7-10/h3-8,27H,9H2,1-2H3,(H,23,24,26). The van der Waals surface area contributed by atoms with Gasteiger partial charge < -0.3 is 14.7 Å². The number of ether oxygens (including phenoxy) is 1. The third kappa shape index (κ3) is 5.28. The number of nitrogens with zero attached hydrogens (tertiary/aromatic N) is 2. The van der Waals surface area contributed by atoms with Crippen LogP contribution in [0.25, 0.3) is 0 Å². The third-order valence-corrected chi connectivity index (χ3v) is 3.60. The summed E-state index contributed by atoms with van der Waals surface area (Å²) in [5.74, 6) is -1.95. The van der Waals surface area contributed by atoms with E-state index in [0.29, 0.717) is 11.8 Å². The van der Waals surface area contributed by atoms with Crippen molar-refractivity contribution in [3.8, 4) is 11.5 Å². The van der Waals surface area contributed by atoms with Crippen LogP contribution in [0.2, 0.25) is 0 Å². The molecule has 2 rings (SSSR count). The molecule has 1 aromatic heterocycles. The highest BCUT2D eigenvalue weighted by atomic mass is 19.4. The normalized spacial score (nSPS) is 13.6. The lowest BCUT2D eigenvalue weighted by molar-refractivity contribution is -0.254. The number of hydrogen-bond acceptors (Lipinski definition) is 4. The largest absolute Gasteiger partial charge is 0.456 e. The maximum atomic E-state index is 13.1. The molecule has 1 heterocycles. The van der Waals surface area contributed by atoms with Crippen LogP contribution in [0.3, 0.4) is 0 Å². The Morgan fingerprint density at radius 2 is 1.82 bits per heavy atom. The lowest BCUT2D eigenvalue weighted by Gasteiger charge is -2.30. The molecule has 0 aliphatic rings. The highest BCUT2D eigenvalue weighted by Crippen LogP contribution is 2.30. The fourth-order valence-corrected chi connectivity index (χ4v) is 2.02. The van der Waals surface area contributed by atoms with E-state index in [1.807, 2.05) is 0 Å². The highest BCUT2D eigenvalue weighted by molar-refractivity contribution is 5.88. The van der Waals surface area contributed by atoms with Gasteiger partial charge in [0, 0.05) is 13.1 Å². The van der Waals surface area contributed by atoms with Crippen molar-refractivity contribution in [1.29, 1.82) is 0 Å². The molecule has 1 unspecified atom stereocenters. The smallest absolute Gasteiger partial charge is 0.418 e. The summed E-state index contributed by atoms with van der Waals surface area (Å²) < 4.78 is 69.3. The van der Waals surface area contributed by atoms with E-state index in [2.05, 4.69) is 10.3 Å². The van der Waals surface area contributed by atoms with Crippen LogP contribution in [-0.4, -0.2) is 46.4 Å². The Hall–Kier alpha value is -2.95. The molecule has 0 spiro atoms. The molecule has 28 heavy (non-hydrogen) atoms. The molecule has 0 fully saturated rings. The van der Waals surface area contributed by atoms with Gasteiger partial charge in [0.1, 0.15) is 17.3 Å². The van der Waals surface area contributed by atoms with Gasteiger partial charge in [0.05, 0.1) is 12.7 Å². The van der Waals surface area contributed by atoms with Crippen LogP contribution >= 0.6 is 0 Å². The summed E-state index contributed by atoms with van der Waals surface area (Å²) in [5, 5.41) is 11.7. The molecule has 152 valence electrons. The van der Waals surface area contributed by atoms with E-state index in [4.69, 9.17) is 4.74 Å². The minimum Gasteiger partial charge on any atom is -0.456 e. The average Bonchev–Trinajstić information content (AvgIpc) is 2.58. The maximum Gasteiger partial charge on any atom is 0.418 e. The van der Waals surface area contributed by atoms with Gasteiger partial charge in [-0.05, 0) is 31.2 Å². The van der Waals surface area contributed by atoms with Gasteiger partial charge in [-0.15, -0.1) is 0 Å². The van der Waals surface area contributed by atoms with Gasteiger partial charge in [0.25, 0.3) is 0 Å². The fraction of sp³-hybridized carbons (Fsp3) is 0.294. The van der Waals surface area contributed by atoms with Crippen LogP contribution in [0, 0.1) is 11.6 Å². The third-order valence-electron chi connectivity index (χ3n) is 3.60. The molecular weight excluding hydrogens is 389 g/mol. The van der Waals surface area contributed by atoms with Crippen molar-refractivity contribution >= 4 is 11.8 Å². The second-order valence-corrected chi connectivity index (χ2v) is 6.11. The molecule has 6 nitrogen and oxygen atoms in total. The summed E-state index contributed by atoms with van der Waals surface area (Å²) in [6, 6.07) is 4.66. The molecule has 0 saturated carbocycles. The van der Waals surface area contributed by atoms with Gasteiger partial charge in [-0.2, -0.15) is 13.2 Å². The first-order chi connectivity index (χ1) is 12.9. The van der Waals surface area contributed by atoms with Crippen molar-refractivity contribution < 1.29 is 36.6 Å². The molecule has 0 saturated heterocycles. The molecule has 0 radical (unpaired) electrons. The van der Waals surface area contributed by atoms with Crippen molar-refractivity contribution in [3.63, 3.8) is 0 Å². The number of aromatic nitrogens is 1. The monoisotopic (exact) mass is 405 g/mol. The van der Waals surface area contributed by atoms with Crippen LogP contribution in [0.15, 0.2) is 36.5 Å². The minimum absolute atomic E-state index is 0.00105. The summed E-state index contributed by atoms with van der Waals surface area (Å²) in [4.78, 5) is 16.5. The Kier molecular flexibility index (Phi) is 6.07. The van der Waals surface area contributed by atoms with Crippen LogP contribution in [-0.2, 0) is 0 Å². The number of alkyl halides is 3. The molecular formula is C17H16F5N3O3. The zero-order valence-corrected chi connectivity index (χ0v) is 14.7. The number of hydrogen-bond donors (Lipinski definition) is 2. The lowest BCUT2D eigenvalue weighted by Crippen LogP contribution is -2.52. The van der Waals surface area contributed by atoms with E-state index in [-0.39, 0.29) is 17.3 Å². The Morgan fingerprint density at radius 3 is 2.36 bits per heavy atom.